The molecule has 0 heterocycles. The molecule has 1 N–H and O–H groups in total. The standard InChI is InChI=1S/C15H19F4NO2/c1-15(2,3)6-4-5-7-20-14(21)22-13-11(18)9(16)8-10(17)12(13)19/h8H,4-7H2,1-3H3,(H,20,21). The maximum atomic E-state index is 13.3. The highest BCUT2D eigenvalue weighted by molar-refractivity contribution is 5.70. The topological polar surface area (TPSA) is 38.3 Å². The molecular formula is C15H19F4NO2. The maximum Gasteiger partial charge on any atom is 0.412 e. The summed E-state index contributed by atoms with van der Waals surface area (Å²) in [6, 6.07) is 0.0436. The van der Waals surface area contributed by atoms with E-state index in [2.05, 4.69) is 30.8 Å². The highest BCUT2D eigenvalue weighted by Crippen LogP contribution is 2.26. The molecule has 0 bridgehead atoms. The number of benzene rings is 1. The number of carbonyl (C=O) groups excluding carboxylic acids is 1. The van der Waals surface area contributed by atoms with Crippen LogP contribution in [0, 0.1) is 28.7 Å². The third kappa shape index (κ3) is 5.54. The number of rotatable bonds is 5. The van der Waals surface area contributed by atoms with Crippen LogP contribution in [0.5, 0.6) is 5.75 Å². The van der Waals surface area contributed by atoms with Crippen LogP contribution in [-0.4, -0.2) is 12.6 Å². The van der Waals surface area contributed by atoms with Crippen molar-refractivity contribution >= 4 is 6.09 Å². The van der Waals surface area contributed by atoms with Crippen molar-refractivity contribution in [1.29, 1.82) is 0 Å². The van der Waals surface area contributed by atoms with Gasteiger partial charge in [-0.1, -0.05) is 27.2 Å². The van der Waals surface area contributed by atoms with E-state index in [1.165, 1.54) is 0 Å². The number of unbranched alkanes of at least 4 members (excludes halogenated alkanes) is 1. The van der Waals surface area contributed by atoms with E-state index in [1.807, 2.05) is 0 Å². The average molecular weight is 321 g/mol. The van der Waals surface area contributed by atoms with Crippen molar-refractivity contribution in [3.8, 4) is 5.75 Å². The van der Waals surface area contributed by atoms with E-state index >= 15 is 0 Å². The van der Waals surface area contributed by atoms with Gasteiger partial charge in [0.05, 0.1) is 0 Å². The molecule has 22 heavy (non-hydrogen) atoms. The van der Waals surface area contributed by atoms with Crippen molar-refractivity contribution in [2.75, 3.05) is 6.54 Å². The van der Waals surface area contributed by atoms with Gasteiger partial charge in [-0.05, 0) is 18.3 Å². The molecule has 0 fully saturated rings. The molecule has 0 saturated heterocycles. The second-order valence-corrected chi connectivity index (χ2v) is 6.13. The predicted octanol–water partition coefficient (Wildman–Crippen LogP) is 4.55. The number of hydrogen-bond acceptors (Lipinski definition) is 2. The molecular weight excluding hydrogens is 302 g/mol. The summed E-state index contributed by atoms with van der Waals surface area (Å²) in [7, 11) is 0. The van der Waals surface area contributed by atoms with Gasteiger partial charge in [0.25, 0.3) is 0 Å². The lowest BCUT2D eigenvalue weighted by molar-refractivity contribution is 0.194. The minimum atomic E-state index is -1.75. The minimum Gasteiger partial charge on any atom is -0.404 e. The van der Waals surface area contributed by atoms with Crippen LogP contribution in [0.3, 0.4) is 0 Å². The van der Waals surface area contributed by atoms with E-state index < -0.39 is 35.1 Å². The lowest BCUT2D eigenvalue weighted by Crippen LogP contribution is -2.28. The van der Waals surface area contributed by atoms with Crippen molar-refractivity contribution < 1.29 is 27.1 Å². The Morgan fingerprint density at radius 1 is 1.09 bits per heavy atom. The molecule has 0 radical (unpaired) electrons. The van der Waals surface area contributed by atoms with Crippen molar-refractivity contribution in [3.63, 3.8) is 0 Å². The summed E-state index contributed by atoms with van der Waals surface area (Å²) in [5.41, 5.74) is 0.172. The molecule has 0 atom stereocenters. The fourth-order valence-electron chi connectivity index (χ4n) is 1.74. The first-order valence-electron chi connectivity index (χ1n) is 6.90. The van der Waals surface area contributed by atoms with Gasteiger partial charge >= 0.3 is 6.09 Å². The summed E-state index contributed by atoms with van der Waals surface area (Å²) >= 11 is 0. The van der Waals surface area contributed by atoms with E-state index in [0.29, 0.717) is 6.42 Å². The van der Waals surface area contributed by atoms with Gasteiger partial charge in [-0.2, -0.15) is 8.78 Å². The molecule has 0 spiro atoms. The van der Waals surface area contributed by atoms with Gasteiger partial charge < -0.3 is 10.1 Å². The smallest absolute Gasteiger partial charge is 0.404 e. The third-order valence-electron chi connectivity index (χ3n) is 2.89. The second kappa shape index (κ2) is 7.47. The van der Waals surface area contributed by atoms with E-state index in [0.717, 1.165) is 12.8 Å². The molecule has 0 aliphatic heterocycles. The van der Waals surface area contributed by atoms with E-state index in [-0.39, 0.29) is 18.0 Å². The van der Waals surface area contributed by atoms with Gasteiger partial charge in [0.1, 0.15) is 0 Å². The van der Waals surface area contributed by atoms with Crippen molar-refractivity contribution in [2.24, 2.45) is 5.41 Å². The normalized spacial score (nSPS) is 11.4. The molecule has 0 saturated carbocycles. The summed E-state index contributed by atoms with van der Waals surface area (Å²) in [5, 5.41) is 2.27. The van der Waals surface area contributed by atoms with Crippen molar-refractivity contribution in [3.05, 3.63) is 29.3 Å². The highest BCUT2D eigenvalue weighted by Gasteiger charge is 2.22. The lowest BCUT2D eigenvalue weighted by Gasteiger charge is -2.17. The Labute approximate surface area is 126 Å². The fourth-order valence-corrected chi connectivity index (χ4v) is 1.74. The molecule has 1 amide bonds. The van der Waals surface area contributed by atoms with Crippen LogP contribution < -0.4 is 10.1 Å². The number of hydrogen-bond donors (Lipinski definition) is 1. The van der Waals surface area contributed by atoms with Crippen LogP contribution >= 0.6 is 0 Å². The third-order valence-corrected chi connectivity index (χ3v) is 2.89. The van der Waals surface area contributed by atoms with Crippen LogP contribution in [0.4, 0.5) is 22.4 Å². The zero-order chi connectivity index (χ0) is 16.9. The molecule has 1 rings (SSSR count). The van der Waals surface area contributed by atoms with Crippen LogP contribution in [-0.2, 0) is 0 Å². The molecule has 3 nitrogen and oxygen atoms in total. The van der Waals surface area contributed by atoms with Crippen LogP contribution in [0.1, 0.15) is 40.0 Å². The Balaban J connectivity index is 2.50. The summed E-state index contributed by atoms with van der Waals surface area (Å²) < 4.78 is 56.8. The van der Waals surface area contributed by atoms with E-state index in [1.54, 1.807) is 0 Å². The highest BCUT2D eigenvalue weighted by atomic mass is 19.2. The summed E-state index contributed by atoms with van der Waals surface area (Å²) in [5.74, 6) is -8.15. The van der Waals surface area contributed by atoms with Gasteiger partial charge in [-0.3, -0.25) is 0 Å². The zero-order valence-electron chi connectivity index (χ0n) is 12.7. The SMILES string of the molecule is CC(C)(C)CCCCNC(=O)Oc1c(F)c(F)cc(F)c1F. The first-order valence-corrected chi connectivity index (χ1v) is 6.90. The molecule has 1 aromatic carbocycles. The lowest BCUT2D eigenvalue weighted by atomic mass is 9.90. The Hall–Kier alpha value is -1.79. The summed E-state index contributed by atoms with van der Waals surface area (Å²) in [6.45, 7) is 6.48. The van der Waals surface area contributed by atoms with Gasteiger partial charge in [0, 0.05) is 12.6 Å². The molecule has 0 aliphatic rings. The number of halogens is 4. The van der Waals surface area contributed by atoms with Gasteiger partial charge in [0.15, 0.2) is 11.6 Å². The van der Waals surface area contributed by atoms with Crippen molar-refractivity contribution in [1.82, 2.24) is 5.32 Å². The number of amides is 1. The Bertz CT molecular complexity index is 515. The minimum absolute atomic E-state index is 0.0436. The number of ether oxygens (including phenoxy) is 1. The van der Waals surface area contributed by atoms with Crippen LogP contribution in [0.25, 0.3) is 0 Å². The Morgan fingerprint density at radius 3 is 2.14 bits per heavy atom. The van der Waals surface area contributed by atoms with Gasteiger partial charge in [-0.15, -0.1) is 0 Å². The summed E-state index contributed by atoms with van der Waals surface area (Å²) in [4.78, 5) is 11.4. The average Bonchev–Trinajstić information content (AvgIpc) is 2.40. The van der Waals surface area contributed by atoms with E-state index in [4.69, 9.17) is 0 Å². The number of carbonyl (C=O) groups is 1. The molecule has 0 aromatic heterocycles. The summed E-state index contributed by atoms with van der Waals surface area (Å²) in [6.07, 6.45) is 1.27. The Morgan fingerprint density at radius 2 is 1.64 bits per heavy atom. The molecule has 124 valence electrons. The van der Waals surface area contributed by atoms with Gasteiger partial charge in [-0.25, -0.2) is 13.6 Å². The first kappa shape index (κ1) is 18.3. The monoisotopic (exact) mass is 321 g/mol. The quantitative estimate of drug-likeness (QED) is 0.491. The largest absolute Gasteiger partial charge is 0.412 e. The molecule has 0 unspecified atom stereocenters. The molecule has 0 aliphatic carbocycles. The maximum absolute atomic E-state index is 13.3. The molecule has 1 aromatic rings. The number of nitrogens with one attached hydrogen (secondary N) is 1. The molecule has 7 heteroatoms. The Kier molecular flexibility index (Phi) is 6.20. The van der Waals surface area contributed by atoms with Crippen LogP contribution in [0.2, 0.25) is 0 Å². The zero-order valence-corrected chi connectivity index (χ0v) is 12.7. The predicted molar refractivity (Wildman–Crippen MR) is 73.6 cm³/mol. The fraction of sp³-hybridized carbons (Fsp3) is 0.533. The van der Waals surface area contributed by atoms with Crippen LogP contribution in [0.15, 0.2) is 6.07 Å². The second-order valence-electron chi connectivity index (χ2n) is 6.13. The van der Waals surface area contributed by atoms with Gasteiger partial charge in [0.2, 0.25) is 17.4 Å². The van der Waals surface area contributed by atoms with Crippen molar-refractivity contribution in [2.45, 2.75) is 40.0 Å². The first-order chi connectivity index (χ1) is 10.1. The van der Waals surface area contributed by atoms with E-state index in [9.17, 15) is 22.4 Å².